The van der Waals surface area contributed by atoms with E-state index in [2.05, 4.69) is 10.3 Å². The van der Waals surface area contributed by atoms with Crippen LogP contribution in [0.5, 0.6) is 0 Å². The van der Waals surface area contributed by atoms with Gasteiger partial charge in [0.15, 0.2) is 0 Å². The topological polar surface area (TPSA) is 78.3 Å². The zero-order valence-corrected chi connectivity index (χ0v) is 17.6. The van der Waals surface area contributed by atoms with Gasteiger partial charge in [-0.25, -0.2) is 4.79 Å². The van der Waals surface area contributed by atoms with Crippen LogP contribution in [0, 0.1) is 13.8 Å². The number of benzene rings is 2. The first-order chi connectivity index (χ1) is 15.0. The quantitative estimate of drug-likeness (QED) is 0.481. The van der Waals surface area contributed by atoms with Crippen molar-refractivity contribution in [3.8, 4) is 0 Å². The van der Waals surface area contributed by atoms with Crippen LogP contribution in [0.25, 0.3) is 10.9 Å². The number of H-pyrrole nitrogens is 1. The molecule has 4 aromatic rings. The Morgan fingerprint density at radius 1 is 1.00 bits per heavy atom. The summed E-state index contributed by atoms with van der Waals surface area (Å²) in [5.41, 5.74) is 4.26. The Kier molecular flexibility index (Phi) is 5.89. The molecule has 0 saturated carbocycles. The Labute approximate surface area is 180 Å². The molecule has 0 spiro atoms. The maximum absolute atomic E-state index is 13.0. The van der Waals surface area contributed by atoms with E-state index < -0.39 is 0 Å². The van der Waals surface area contributed by atoms with Crippen molar-refractivity contribution in [3.05, 3.63) is 105 Å². The highest BCUT2D eigenvalue weighted by Gasteiger charge is 2.18. The number of hydrogen-bond donors (Lipinski definition) is 2. The second kappa shape index (κ2) is 8.92. The van der Waals surface area contributed by atoms with Crippen molar-refractivity contribution in [2.24, 2.45) is 0 Å². The highest BCUT2D eigenvalue weighted by molar-refractivity contribution is 5.85. The average Bonchev–Trinajstić information content (AvgIpc) is 3.29. The molecule has 2 aromatic heterocycles. The molecule has 2 amide bonds. The number of furan rings is 1. The molecule has 0 bridgehead atoms. The van der Waals surface area contributed by atoms with E-state index in [0.717, 1.165) is 27.6 Å². The van der Waals surface area contributed by atoms with Gasteiger partial charge >= 0.3 is 6.03 Å². The summed E-state index contributed by atoms with van der Waals surface area (Å²) in [4.78, 5) is 30.4. The summed E-state index contributed by atoms with van der Waals surface area (Å²) in [7, 11) is 0. The predicted molar refractivity (Wildman–Crippen MR) is 121 cm³/mol. The number of carbonyl (C=O) groups excluding carboxylic acids is 1. The minimum Gasteiger partial charge on any atom is -0.467 e. The molecule has 0 aliphatic heterocycles. The number of hydrogen-bond acceptors (Lipinski definition) is 3. The number of aryl methyl sites for hydroxylation is 2. The number of aromatic nitrogens is 1. The van der Waals surface area contributed by atoms with Crippen LogP contribution in [0.4, 0.5) is 4.79 Å². The van der Waals surface area contributed by atoms with Gasteiger partial charge in [0.2, 0.25) is 0 Å². The highest BCUT2D eigenvalue weighted by Crippen LogP contribution is 2.20. The van der Waals surface area contributed by atoms with Gasteiger partial charge in [-0.2, -0.15) is 0 Å². The molecule has 31 heavy (non-hydrogen) atoms. The molecule has 0 aliphatic carbocycles. The average molecular weight is 415 g/mol. The Balaban J connectivity index is 1.61. The molecule has 6 nitrogen and oxygen atoms in total. The van der Waals surface area contributed by atoms with E-state index in [1.165, 1.54) is 0 Å². The summed E-state index contributed by atoms with van der Waals surface area (Å²) in [5.74, 6) is 0.652. The van der Waals surface area contributed by atoms with Crippen LogP contribution in [-0.4, -0.2) is 15.9 Å². The van der Waals surface area contributed by atoms with E-state index in [1.54, 1.807) is 17.2 Å². The first-order valence-electron chi connectivity index (χ1n) is 10.2. The van der Waals surface area contributed by atoms with Crippen molar-refractivity contribution < 1.29 is 9.21 Å². The Bertz CT molecular complexity index is 1240. The van der Waals surface area contributed by atoms with Gasteiger partial charge in [0.25, 0.3) is 5.56 Å². The van der Waals surface area contributed by atoms with Gasteiger partial charge in [0.1, 0.15) is 5.76 Å². The number of carbonyl (C=O) groups is 1. The number of nitrogens with one attached hydrogen (secondary N) is 2. The molecule has 2 N–H and O–H groups in total. The van der Waals surface area contributed by atoms with Gasteiger partial charge in [0, 0.05) is 17.5 Å². The Morgan fingerprint density at radius 3 is 2.52 bits per heavy atom. The fourth-order valence-electron chi connectivity index (χ4n) is 3.62. The van der Waals surface area contributed by atoms with Crippen LogP contribution >= 0.6 is 0 Å². The summed E-state index contributed by atoms with van der Waals surface area (Å²) >= 11 is 0. The molecule has 4 rings (SSSR count). The van der Waals surface area contributed by atoms with E-state index in [9.17, 15) is 9.59 Å². The second-order valence-electron chi connectivity index (χ2n) is 7.69. The fourth-order valence-corrected chi connectivity index (χ4v) is 3.62. The normalized spacial score (nSPS) is 10.9. The van der Waals surface area contributed by atoms with Gasteiger partial charge in [0.05, 0.1) is 24.9 Å². The number of aromatic amines is 1. The molecule has 0 fully saturated rings. The van der Waals surface area contributed by atoms with Crippen LogP contribution in [0.3, 0.4) is 0 Å². The maximum Gasteiger partial charge on any atom is 0.318 e. The van der Waals surface area contributed by atoms with Gasteiger partial charge < -0.3 is 19.6 Å². The SMILES string of the molecule is Cc1ccc(C)c2[nH]c(=O)c(CN(Cc3ccco3)C(=O)NCc3ccccc3)cc12. The smallest absolute Gasteiger partial charge is 0.318 e. The second-order valence-corrected chi connectivity index (χ2v) is 7.69. The summed E-state index contributed by atoms with van der Waals surface area (Å²) in [6.07, 6.45) is 1.57. The summed E-state index contributed by atoms with van der Waals surface area (Å²) in [6.45, 7) is 4.81. The molecule has 2 aromatic carbocycles. The minimum atomic E-state index is -0.263. The molecule has 2 heterocycles. The van der Waals surface area contributed by atoms with Gasteiger partial charge in [-0.1, -0.05) is 42.5 Å². The van der Waals surface area contributed by atoms with Crippen molar-refractivity contribution in [1.29, 1.82) is 0 Å². The lowest BCUT2D eigenvalue weighted by Crippen LogP contribution is -2.39. The number of nitrogens with zero attached hydrogens (tertiary/aromatic N) is 1. The zero-order valence-electron chi connectivity index (χ0n) is 17.6. The Hall–Kier alpha value is -3.80. The first-order valence-corrected chi connectivity index (χ1v) is 10.2. The lowest BCUT2D eigenvalue weighted by atomic mass is 10.0. The van der Waals surface area contributed by atoms with Crippen LogP contribution < -0.4 is 10.9 Å². The third-order valence-electron chi connectivity index (χ3n) is 5.38. The molecule has 6 heteroatoms. The van der Waals surface area contributed by atoms with Crippen molar-refractivity contribution in [1.82, 2.24) is 15.2 Å². The summed E-state index contributed by atoms with van der Waals surface area (Å²) < 4.78 is 5.44. The largest absolute Gasteiger partial charge is 0.467 e. The van der Waals surface area contributed by atoms with E-state index in [0.29, 0.717) is 17.9 Å². The van der Waals surface area contributed by atoms with E-state index in [-0.39, 0.29) is 24.7 Å². The van der Waals surface area contributed by atoms with E-state index in [4.69, 9.17) is 4.42 Å². The lowest BCUT2D eigenvalue weighted by Gasteiger charge is -2.22. The van der Waals surface area contributed by atoms with Crippen molar-refractivity contribution >= 4 is 16.9 Å². The monoisotopic (exact) mass is 415 g/mol. The zero-order chi connectivity index (χ0) is 21.8. The molecule has 0 radical (unpaired) electrons. The van der Waals surface area contributed by atoms with Crippen LogP contribution in [0.15, 0.2) is 76.1 Å². The fraction of sp³-hybridized carbons (Fsp3) is 0.200. The van der Waals surface area contributed by atoms with Crippen LogP contribution in [0.2, 0.25) is 0 Å². The van der Waals surface area contributed by atoms with Crippen molar-refractivity contribution in [2.75, 3.05) is 0 Å². The summed E-state index contributed by atoms with van der Waals surface area (Å²) in [5, 5.41) is 3.93. The van der Waals surface area contributed by atoms with Gasteiger partial charge in [-0.3, -0.25) is 4.79 Å². The maximum atomic E-state index is 13.0. The highest BCUT2D eigenvalue weighted by atomic mass is 16.3. The predicted octanol–water partition coefficient (Wildman–Crippen LogP) is 4.65. The Morgan fingerprint density at radius 2 is 1.77 bits per heavy atom. The first kappa shape index (κ1) is 20.5. The summed E-state index contributed by atoms with van der Waals surface area (Å²) in [6, 6.07) is 19.0. The third-order valence-corrected chi connectivity index (χ3v) is 5.38. The number of amides is 2. The molecule has 0 saturated heterocycles. The third kappa shape index (κ3) is 4.69. The minimum absolute atomic E-state index is 0.167. The standard InChI is InChI=1S/C25H25N3O3/c1-17-10-11-18(2)23-22(17)13-20(24(29)27-23)15-28(16-21-9-6-12-31-21)25(30)26-14-19-7-4-3-5-8-19/h3-13H,14-16H2,1-2H3,(H,26,30)(H,27,29). The molecular formula is C25H25N3O3. The van der Waals surface area contributed by atoms with Crippen molar-refractivity contribution in [3.63, 3.8) is 0 Å². The molecule has 158 valence electrons. The van der Waals surface area contributed by atoms with Crippen molar-refractivity contribution in [2.45, 2.75) is 33.5 Å². The van der Waals surface area contributed by atoms with Crippen LogP contribution in [0.1, 0.15) is 28.0 Å². The number of rotatable bonds is 6. The molecule has 0 aliphatic rings. The number of pyridine rings is 1. The van der Waals surface area contributed by atoms with E-state index >= 15 is 0 Å². The molecule has 0 atom stereocenters. The number of urea groups is 1. The molecule has 0 unspecified atom stereocenters. The van der Waals surface area contributed by atoms with E-state index in [1.807, 2.05) is 68.4 Å². The van der Waals surface area contributed by atoms with Crippen LogP contribution in [-0.2, 0) is 19.6 Å². The van der Waals surface area contributed by atoms with Gasteiger partial charge in [-0.05, 0) is 48.7 Å². The molecular weight excluding hydrogens is 390 g/mol. The number of fused-ring (bicyclic) bond motifs is 1. The lowest BCUT2D eigenvalue weighted by molar-refractivity contribution is 0.186. The van der Waals surface area contributed by atoms with Gasteiger partial charge in [-0.15, -0.1) is 0 Å².